The summed E-state index contributed by atoms with van der Waals surface area (Å²) >= 11 is 3.20. The largest absolute Gasteiger partial charge is 0.461 e. The van der Waals surface area contributed by atoms with Gasteiger partial charge in [0.25, 0.3) is 0 Å². The molecule has 1 amide bonds. The number of thioether (sulfide) groups is 1. The number of hydrogen-bond acceptors (Lipinski definition) is 7. The zero-order valence-corrected chi connectivity index (χ0v) is 14.8. The highest BCUT2D eigenvalue weighted by atomic mass is 32.2. The van der Waals surface area contributed by atoms with E-state index in [1.54, 1.807) is 23.7 Å². The highest BCUT2D eigenvalue weighted by molar-refractivity contribution is 7.98. The van der Waals surface area contributed by atoms with Crippen molar-refractivity contribution in [2.75, 3.05) is 0 Å². The Hall–Kier alpha value is -2.13. The average molecular weight is 363 g/mol. The molecule has 0 atom stereocenters. The molecule has 0 saturated heterocycles. The summed E-state index contributed by atoms with van der Waals surface area (Å²) in [6.45, 7) is 2.50. The minimum absolute atomic E-state index is 0.218. The fraction of sp³-hybridized carbons (Fsp3) is 0.333. The quantitative estimate of drug-likeness (QED) is 0.618. The molecule has 0 aliphatic carbocycles. The zero-order valence-electron chi connectivity index (χ0n) is 13.1. The van der Waals surface area contributed by atoms with Crippen LogP contribution in [-0.2, 0) is 23.5 Å². The van der Waals surface area contributed by atoms with Crippen molar-refractivity contribution in [2.24, 2.45) is 5.73 Å². The van der Waals surface area contributed by atoms with Crippen LogP contribution in [0.5, 0.6) is 0 Å². The van der Waals surface area contributed by atoms with Crippen molar-refractivity contribution in [1.82, 2.24) is 19.7 Å². The van der Waals surface area contributed by atoms with E-state index >= 15 is 0 Å². The zero-order chi connectivity index (χ0) is 16.9. The van der Waals surface area contributed by atoms with Crippen molar-refractivity contribution in [1.29, 1.82) is 0 Å². The van der Waals surface area contributed by atoms with Gasteiger partial charge in [0.1, 0.15) is 0 Å². The maximum absolute atomic E-state index is 11.1. The summed E-state index contributed by atoms with van der Waals surface area (Å²) in [5.74, 6) is 1.54. The molecule has 0 unspecified atom stereocenters. The molecule has 2 N–H and O–H groups in total. The highest BCUT2D eigenvalue weighted by Crippen LogP contribution is 2.27. The van der Waals surface area contributed by atoms with Gasteiger partial charge in [0, 0.05) is 24.1 Å². The van der Waals surface area contributed by atoms with Crippen molar-refractivity contribution in [3.05, 3.63) is 34.5 Å². The minimum atomic E-state index is -0.364. The molecule has 0 aliphatic rings. The molecule has 0 saturated carbocycles. The number of furan rings is 1. The van der Waals surface area contributed by atoms with E-state index in [4.69, 9.17) is 10.2 Å². The van der Waals surface area contributed by atoms with Gasteiger partial charge in [-0.1, -0.05) is 18.7 Å². The number of carbonyl (C=O) groups is 1. The maximum atomic E-state index is 11.1. The third kappa shape index (κ3) is 3.85. The van der Waals surface area contributed by atoms with Gasteiger partial charge in [-0.05, 0) is 18.6 Å². The number of nitrogens with zero attached hydrogens (tertiary/aromatic N) is 4. The van der Waals surface area contributed by atoms with E-state index in [-0.39, 0.29) is 12.3 Å². The SMILES string of the molecule is CCc1nc(CSc2nnc(-c3ccco3)n2CCC(N)=O)cs1. The Kier molecular flexibility index (Phi) is 5.31. The summed E-state index contributed by atoms with van der Waals surface area (Å²) in [5.41, 5.74) is 6.30. The number of rotatable bonds is 8. The predicted molar refractivity (Wildman–Crippen MR) is 92.6 cm³/mol. The lowest BCUT2D eigenvalue weighted by Crippen LogP contribution is -2.15. The van der Waals surface area contributed by atoms with Crippen molar-refractivity contribution in [2.45, 2.75) is 37.2 Å². The Balaban J connectivity index is 1.79. The first-order valence-electron chi connectivity index (χ1n) is 7.48. The number of amides is 1. The van der Waals surface area contributed by atoms with Gasteiger partial charge in [-0.25, -0.2) is 4.98 Å². The summed E-state index contributed by atoms with van der Waals surface area (Å²) in [6.07, 6.45) is 2.74. The van der Waals surface area contributed by atoms with Crippen LogP contribution < -0.4 is 5.73 Å². The first kappa shape index (κ1) is 16.7. The molecule has 0 spiro atoms. The van der Waals surface area contributed by atoms with Crippen molar-refractivity contribution < 1.29 is 9.21 Å². The van der Waals surface area contributed by atoms with E-state index < -0.39 is 0 Å². The van der Waals surface area contributed by atoms with Crippen molar-refractivity contribution in [3.63, 3.8) is 0 Å². The lowest BCUT2D eigenvalue weighted by atomic mass is 10.3. The van der Waals surface area contributed by atoms with Crippen LogP contribution in [-0.4, -0.2) is 25.7 Å². The topological polar surface area (TPSA) is 99.8 Å². The average Bonchev–Trinajstić information content (AvgIpc) is 3.30. The van der Waals surface area contributed by atoms with E-state index in [0.717, 1.165) is 17.1 Å². The number of thiazole rings is 1. The number of primary amides is 1. The molecule has 9 heteroatoms. The molecular formula is C15H17N5O2S2. The second kappa shape index (κ2) is 7.63. The van der Waals surface area contributed by atoms with Crippen molar-refractivity contribution >= 4 is 29.0 Å². The minimum Gasteiger partial charge on any atom is -0.461 e. The van der Waals surface area contributed by atoms with Gasteiger partial charge in [-0.15, -0.1) is 21.5 Å². The predicted octanol–water partition coefficient (Wildman–Crippen LogP) is 2.72. The van der Waals surface area contributed by atoms with E-state index in [2.05, 4.69) is 27.5 Å². The van der Waals surface area contributed by atoms with Gasteiger partial charge in [-0.2, -0.15) is 0 Å². The second-order valence-corrected chi connectivity index (χ2v) is 6.91. The number of aromatic nitrogens is 4. The fourth-order valence-electron chi connectivity index (χ4n) is 2.12. The molecule has 126 valence electrons. The summed E-state index contributed by atoms with van der Waals surface area (Å²) in [5, 5.41) is 12.3. The Morgan fingerprint density at radius 3 is 3.00 bits per heavy atom. The molecule has 0 aromatic carbocycles. The van der Waals surface area contributed by atoms with Crippen molar-refractivity contribution in [3.8, 4) is 11.6 Å². The third-order valence-electron chi connectivity index (χ3n) is 3.29. The molecule has 3 aromatic heterocycles. The lowest BCUT2D eigenvalue weighted by Gasteiger charge is -2.07. The Morgan fingerprint density at radius 2 is 2.33 bits per heavy atom. The molecule has 0 radical (unpaired) electrons. The van der Waals surface area contributed by atoms with Crippen LogP contribution >= 0.6 is 23.1 Å². The standard InChI is InChI=1S/C15H17N5O2S2/c1-2-13-17-10(8-23-13)9-24-15-19-18-14(11-4-3-7-22-11)20(15)6-5-12(16)21/h3-4,7-8H,2,5-6,9H2,1H3,(H2,16,21). The Bertz CT molecular complexity index is 810. The van der Waals surface area contributed by atoms with E-state index in [0.29, 0.717) is 29.0 Å². The molecule has 0 aliphatic heterocycles. The van der Waals surface area contributed by atoms with Crippen LogP contribution in [0, 0.1) is 0 Å². The third-order valence-corrected chi connectivity index (χ3v) is 5.33. The summed E-state index contributed by atoms with van der Waals surface area (Å²) < 4.78 is 7.26. The van der Waals surface area contributed by atoms with Crippen LogP contribution in [0.25, 0.3) is 11.6 Å². The summed E-state index contributed by atoms with van der Waals surface area (Å²) in [4.78, 5) is 15.7. The molecule has 24 heavy (non-hydrogen) atoms. The molecular weight excluding hydrogens is 346 g/mol. The number of nitrogens with two attached hydrogens (primary N) is 1. The van der Waals surface area contributed by atoms with Crippen LogP contribution in [0.15, 0.2) is 33.3 Å². The fourth-order valence-corrected chi connectivity index (χ4v) is 3.83. The molecule has 7 nitrogen and oxygen atoms in total. The molecule has 0 bridgehead atoms. The van der Waals surface area contributed by atoms with Crippen LogP contribution in [0.4, 0.5) is 0 Å². The lowest BCUT2D eigenvalue weighted by molar-refractivity contribution is -0.118. The molecule has 3 aromatic rings. The number of carbonyl (C=O) groups excluding carboxylic acids is 1. The normalized spacial score (nSPS) is 11.0. The van der Waals surface area contributed by atoms with Crippen LogP contribution in [0.2, 0.25) is 0 Å². The van der Waals surface area contributed by atoms with Gasteiger partial charge in [0.2, 0.25) is 5.91 Å². The Labute approximate surface area is 147 Å². The van der Waals surface area contributed by atoms with Gasteiger partial charge >= 0.3 is 0 Å². The molecule has 3 heterocycles. The van der Waals surface area contributed by atoms with Gasteiger partial charge in [0.15, 0.2) is 16.7 Å². The monoisotopic (exact) mass is 363 g/mol. The summed E-state index contributed by atoms with van der Waals surface area (Å²) in [6, 6.07) is 3.60. The van der Waals surface area contributed by atoms with E-state index in [1.807, 2.05) is 10.6 Å². The molecule has 3 rings (SSSR count). The number of hydrogen-bond donors (Lipinski definition) is 1. The van der Waals surface area contributed by atoms with Gasteiger partial charge in [-0.3, -0.25) is 9.36 Å². The first-order chi connectivity index (χ1) is 11.7. The number of aryl methyl sites for hydroxylation is 1. The van der Waals surface area contributed by atoms with Crippen LogP contribution in [0.1, 0.15) is 24.0 Å². The van der Waals surface area contributed by atoms with Gasteiger partial charge in [0.05, 0.1) is 17.0 Å². The second-order valence-electron chi connectivity index (χ2n) is 5.03. The highest BCUT2D eigenvalue weighted by Gasteiger charge is 2.17. The van der Waals surface area contributed by atoms with Crippen LogP contribution in [0.3, 0.4) is 0 Å². The smallest absolute Gasteiger partial charge is 0.219 e. The molecule has 0 fully saturated rings. The summed E-state index contributed by atoms with van der Waals surface area (Å²) in [7, 11) is 0. The first-order valence-corrected chi connectivity index (χ1v) is 9.35. The Morgan fingerprint density at radius 1 is 1.46 bits per heavy atom. The van der Waals surface area contributed by atoms with Gasteiger partial charge < -0.3 is 10.2 Å². The van der Waals surface area contributed by atoms with E-state index in [9.17, 15) is 4.79 Å². The maximum Gasteiger partial charge on any atom is 0.219 e. The van der Waals surface area contributed by atoms with E-state index in [1.165, 1.54) is 11.8 Å².